The molecule has 6 amide bonds. The molecule has 3 aliphatic rings. The molecule has 0 spiro atoms. The molecule has 7 N–H and O–H groups in total. The minimum Gasteiger partial charge on any atom is -0.489 e. The van der Waals surface area contributed by atoms with Crippen molar-refractivity contribution in [1.82, 2.24) is 51.8 Å². The van der Waals surface area contributed by atoms with Gasteiger partial charge in [0.2, 0.25) is 35.4 Å². The number of piperidine rings is 1. The number of aryl methyl sites for hydroxylation is 1. The summed E-state index contributed by atoms with van der Waals surface area (Å²) in [5, 5.41) is 19.4. The van der Waals surface area contributed by atoms with Gasteiger partial charge in [0.05, 0.1) is 6.54 Å². The van der Waals surface area contributed by atoms with Crippen molar-refractivity contribution in [2.24, 2.45) is 5.92 Å². The minimum absolute atomic E-state index is 0.0153. The Morgan fingerprint density at radius 2 is 1.15 bits per heavy atom. The molecule has 81 heavy (non-hydrogen) atoms. The number of hydrogen-bond acceptors (Lipinski definition) is 11. The van der Waals surface area contributed by atoms with Crippen LogP contribution in [0.2, 0.25) is 0 Å². The molecule has 3 fully saturated rings. The fourth-order valence-corrected chi connectivity index (χ4v) is 11.0. The first kappa shape index (κ1) is 55.4. The molecule has 3 saturated heterocycles. The van der Waals surface area contributed by atoms with Crippen molar-refractivity contribution in [2.75, 3.05) is 19.6 Å². The van der Waals surface area contributed by atoms with Crippen LogP contribution in [0, 0.1) is 5.92 Å². The van der Waals surface area contributed by atoms with E-state index in [-0.39, 0.29) is 51.0 Å². The van der Waals surface area contributed by atoms with Crippen LogP contribution in [0.5, 0.6) is 11.5 Å². The molecule has 7 atom stereocenters. The smallest absolute Gasteiger partial charge is 0.246 e. The standard InChI is InChI=1S/C63H68N10O8/c74-58-52(22-19-41-10-3-1-4-11-41)68-62(78)57-36-49(81-48-25-30-65-31-26-48)39-73(57)63(79)56(34-45-14-9-27-66-37-45)72-60(76)53(32-42-17-20-47(21-18-42)80-40-44-12-5-2-6-13-44)69-59(75)54(33-43-23-28-64-29-24-43)70-61(77)55(71-58)35-46-38-67-51-16-8-7-15-50(46)51/h1-18,20-21,25-27,30-31,37-38,43,49,52-57,64,67H,19,22-24,28-29,32-36,39-40H2,(H,68,78)(H,69,75)(H,70,77)(H,71,74)(H,72,76)/t49-,52-,53+,54+,55-,56+,57+/m1/s1. The van der Waals surface area contributed by atoms with Gasteiger partial charge in [-0.2, -0.15) is 0 Å². The molecule has 4 aromatic carbocycles. The molecule has 3 aliphatic heterocycles. The largest absolute Gasteiger partial charge is 0.489 e. The average molecular weight is 1090 g/mol. The zero-order valence-corrected chi connectivity index (χ0v) is 45.0. The second kappa shape index (κ2) is 26.8. The summed E-state index contributed by atoms with van der Waals surface area (Å²) in [7, 11) is 0. The van der Waals surface area contributed by atoms with Gasteiger partial charge in [-0.05, 0) is 115 Å². The normalized spacial score (nSPS) is 22.5. The number of nitrogens with one attached hydrogen (secondary N) is 7. The van der Waals surface area contributed by atoms with Gasteiger partial charge in [0, 0.05) is 67.6 Å². The predicted octanol–water partition coefficient (Wildman–Crippen LogP) is 5.07. The van der Waals surface area contributed by atoms with E-state index in [1.54, 1.807) is 67.4 Å². The summed E-state index contributed by atoms with van der Waals surface area (Å²) in [5.41, 5.74) is 4.78. The van der Waals surface area contributed by atoms with Crippen LogP contribution in [0.15, 0.2) is 164 Å². The number of carbonyl (C=O) groups excluding carboxylic acids is 6. The summed E-state index contributed by atoms with van der Waals surface area (Å²) >= 11 is 0. The molecule has 418 valence electrons. The molecule has 0 saturated carbocycles. The Hall–Kier alpha value is -8.90. The van der Waals surface area contributed by atoms with Gasteiger partial charge in [-0.3, -0.25) is 38.7 Å². The van der Waals surface area contributed by atoms with Gasteiger partial charge in [-0.25, -0.2) is 0 Å². The molecule has 7 aromatic rings. The van der Waals surface area contributed by atoms with Crippen LogP contribution >= 0.6 is 0 Å². The lowest BCUT2D eigenvalue weighted by atomic mass is 9.90. The highest BCUT2D eigenvalue weighted by atomic mass is 16.5. The molecular formula is C63H68N10O8. The SMILES string of the molecule is O=C1N[C@@H](Cc2cccnc2)C(=O)N2C[C@H](Oc3ccncc3)C[C@H]2C(=O)N[C@H](CCc2ccccc2)C(=O)N[C@H](Cc2c[nH]c3ccccc23)C(=O)N[C@@H](CC2CCNCC2)C(=O)N[C@H]1Cc1ccc(OCc2ccccc2)cc1. The van der Waals surface area contributed by atoms with Crippen molar-refractivity contribution < 1.29 is 38.2 Å². The van der Waals surface area contributed by atoms with Gasteiger partial charge in [0.1, 0.15) is 60.5 Å². The number of pyridine rings is 2. The van der Waals surface area contributed by atoms with Crippen LogP contribution in [0.25, 0.3) is 10.9 Å². The zero-order chi connectivity index (χ0) is 55.9. The van der Waals surface area contributed by atoms with E-state index in [9.17, 15) is 0 Å². The molecule has 6 heterocycles. The number of nitrogens with zero attached hydrogens (tertiary/aromatic N) is 3. The van der Waals surface area contributed by atoms with E-state index in [1.165, 1.54) is 4.90 Å². The van der Waals surface area contributed by atoms with Gasteiger partial charge in [-0.15, -0.1) is 0 Å². The van der Waals surface area contributed by atoms with E-state index in [2.05, 4.69) is 46.9 Å². The second-order valence-electron chi connectivity index (χ2n) is 21.2. The van der Waals surface area contributed by atoms with Gasteiger partial charge in [-0.1, -0.05) is 97.1 Å². The fourth-order valence-electron chi connectivity index (χ4n) is 11.0. The Kier molecular flexibility index (Phi) is 18.4. The minimum atomic E-state index is -1.28. The number of benzene rings is 4. The topological polar surface area (TPSA) is 238 Å². The maximum atomic E-state index is 15.5. The first-order valence-electron chi connectivity index (χ1n) is 27.9. The second-order valence-corrected chi connectivity index (χ2v) is 21.2. The highest BCUT2D eigenvalue weighted by Crippen LogP contribution is 2.27. The zero-order valence-electron chi connectivity index (χ0n) is 45.0. The number of aromatic amines is 1. The van der Waals surface area contributed by atoms with E-state index in [4.69, 9.17) is 9.47 Å². The van der Waals surface area contributed by atoms with Gasteiger partial charge in [0.25, 0.3) is 0 Å². The Labute approximate surface area is 470 Å². The number of amides is 6. The fraction of sp³-hybridized carbons (Fsp3) is 0.333. The molecule has 18 nitrogen and oxygen atoms in total. The third kappa shape index (κ3) is 14.9. The average Bonchev–Trinajstić information content (AvgIpc) is 4.15. The monoisotopic (exact) mass is 1090 g/mol. The summed E-state index contributed by atoms with van der Waals surface area (Å²) in [6.07, 6.45) is 9.72. The molecule has 0 aliphatic carbocycles. The van der Waals surface area contributed by atoms with Gasteiger partial charge in [0.15, 0.2) is 0 Å². The van der Waals surface area contributed by atoms with E-state index >= 15 is 28.8 Å². The highest BCUT2D eigenvalue weighted by molar-refractivity contribution is 5.99. The van der Waals surface area contributed by atoms with Crippen LogP contribution in [-0.4, -0.2) is 117 Å². The van der Waals surface area contributed by atoms with E-state index in [1.807, 2.05) is 97.1 Å². The number of rotatable bonds is 16. The summed E-state index contributed by atoms with van der Waals surface area (Å²) in [5.74, 6) is -2.63. The summed E-state index contributed by atoms with van der Waals surface area (Å²) in [6.45, 7) is 1.73. The third-order valence-corrected chi connectivity index (χ3v) is 15.4. The van der Waals surface area contributed by atoms with Crippen molar-refractivity contribution in [3.05, 3.63) is 192 Å². The van der Waals surface area contributed by atoms with Crippen LogP contribution in [-0.2, 0) is 61.1 Å². The molecule has 0 unspecified atom stereocenters. The predicted molar refractivity (Wildman–Crippen MR) is 304 cm³/mol. The molecular weight excluding hydrogens is 1020 g/mol. The lowest BCUT2D eigenvalue weighted by Gasteiger charge is -2.32. The van der Waals surface area contributed by atoms with E-state index < -0.39 is 77.8 Å². The molecule has 3 aromatic heterocycles. The number of aromatic nitrogens is 3. The summed E-state index contributed by atoms with van der Waals surface area (Å²) in [6, 6.07) is 33.7. The number of fused-ring (bicyclic) bond motifs is 2. The molecule has 0 bridgehead atoms. The van der Waals surface area contributed by atoms with Crippen molar-refractivity contribution in [1.29, 1.82) is 0 Å². The lowest BCUT2D eigenvalue weighted by Crippen LogP contribution is -2.62. The number of ether oxygens (including phenoxy) is 2. The Morgan fingerprint density at radius 1 is 0.531 bits per heavy atom. The molecule has 18 heteroatoms. The van der Waals surface area contributed by atoms with Gasteiger partial charge < -0.3 is 51.3 Å². The maximum absolute atomic E-state index is 15.5. The molecule has 0 radical (unpaired) electrons. The van der Waals surface area contributed by atoms with Crippen molar-refractivity contribution in [3.8, 4) is 11.5 Å². The number of para-hydroxylation sites is 1. The van der Waals surface area contributed by atoms with Crippen molar-refractivity contribution in [2.45, 2.75) is 107 Å². The quantitative estimate of drug-likeness (QED) is 0.0675. The Morgan fingerprint density at radius 3 is 1.88 bits per heavy atom. The van der Waals surface area contributed by atoms with Crippen molar-refractivity contribution >= 4 is 46.3 Å². The first-order chi connectivity index (χ1) is 39.6. The summed E-state index contributed by atoms with van der Waals surface area (Å²) < 4.78 is 12.5. The maximum Gasteiger partial charge on any atom is 0.246 e. The van der Waals surface area contributed by atoms with E-state index in [0.717, 1.165) is 53.5 Å². The van der Waals surface area contributed by atoms with Crippen molar-refractivity contribution in [3.63, 3.8) is 0 Å². The number of carbonyl (C=O) groups is 6. The Bertz CT molecular complexity index is 3240. The first-order valence-corrected chi connectivity index (χ1v) is 27.9. The summed E-state index contributed by atoms with van der Waals surface area (Å²) in [4.78, 5) is 105. The lowest BCUT2D eigenvalue weighted by molar-refractivity contribution is -0.143. The van der Waals surface area contributed by atoms with Crippen LogP contribution in [0.1, 0.15) is 59.9 Å². The number of hydrogen-bond donors (Lipinski definition) is 7. The molecule has 10 rings (SSSR count). The highest BCUT2D eigenvalue weighted by Gasteiger charge is 2.45. The Balaban J connectivity index is 1.03. The van der Waals surface area contributed by atoms with Crippen LogP contribution in [0.3, 0.4) is 0 Å². The number of H-pyrrole nitrogens is 1. The van der Waals surface area contributed by atoms with Gasteiger partial charge >= 0.3 is 0 Å². The third-order valence-electron chi connectivity index (χ3n) is 15.4. The van der Waals surface area contributed by atoms with Crippen LogP contribution in [0.4, 0.5) is 0 Å². The van der Waals surface area contributed by atoms with Crippen LogP contribution < -0.4 is 41.4 Å². The van der Waals surface area contributed by atoms with E-state index in [0.29, 0.717) is 35.7 Å².